The Kier molecular flexibility index (Phi) is 4.51. The smallest absolute Gasteiger partial charge is 0.319 e. The van der Waals surface area contributed by atoms with Crippen LogP contribution in [0.1, 0.15) is 13.8 Å². The fourth-order valence-corrected chi connectivity index (χ4v) is 2.26. The third-order valence-corrected chi connectivity index (χ3v) is 3.35. The minimum absolute atomic E-state index is 0.268. The topological polar surface area (TPSA) is 69.9 Å². The van der Waals surface area contributed by atoms with E-state index in [2.05, 4.69) is 15.5 Å². The van der Waals surface area contributed by atoms with Crippen molar-refractivity contribution in [3.05, 3.63) is 30.3 Å². The fourth-order valence-electron chi connectivity index (χ4n) is 1.45. The summed E-state index contributed by atoms with van der Waals surface area (Å²) in [5.74, 6) is -0.268. The van der Waals surface area contributed by atoms with Crippen molar-refractivity contribution >= 4 is 17.7 Å². The van der Waals surface area contributed by atoms with Crippen LogP contribution in [0.25, 0.3) is 5.69 Å². The monoisotopic (exact) mass is 278 g/mol. The number of tetrazole rings is 1. The van der Waals surface area contributed by atoms with Gasteiger partial charge in [-0.1, -0.05) is 30.0 Å². The van der Waals surface area contributed by atoms with E-state index in [-0.39, 0.29) is 11.2 Å². The van der Waals surface area contributed by atoms with Gasteiger partial charge in [0.25, 0.3) is 0 Å². The van der Waals surface area contributed by atoms with Crippen LogP contribution >= 0.6 is 11.8 Å². The maximum Gasteiger partial charge on any atom is 0.319 e. The van der Waals surface area contributed by atoms with Gasteiger partial charge in [-0.2, -0.15) is 4.68 Å². The molecule has 6 nitrogen and oxygen atoms in total. The second-order valence-corrected chi connectivity index (χ2v) is 5.03. The van der Waals surface area contributed by atoms with Crippen LogP contribution in [-0.2, 0) is 9.53 Å². The standard InChI is InChI=1S/C12H14N4O2S/c1-3-18-11(17)9(2)19-12-13-14-15-16(12)10-7-5-4-6-8-10/h4-9H,3H2,1-2H3/t9-/m0/s1. The maximum absolute atomic E-state index is 11.6. The van der Waals surface area contributed by atoms with Crippen LogP contribution in [0.3, 0.4) is 0 Å². The Morgan fingerprint density at radius 2 is 2.16 bits per heavy atom. The maximum atomic E-state index is 11.6. The van der Waals surface area contributed by atoms with E-state index in [1.807, 2.05) is 30.3 Å². The summed E-state index contributed by atoms with van der Waals surface area (Å²) in [4.78, 5) is 11.6. The average Bonchev–Trinajstić information content (AvgIpc) is 2.88. The molecule has 19 heavy (non-hydrogen) atoms. The third kappa shape index (κ3) is 3.31. The molecular weight excluding hydrogens is 264 g/mol. The molecule has 2 rings (SSSR count). The second-order valence-electron chi connectivity index (χ2n) is 3.72. The number of benzene rings is 1. The zero-order valence-corrected chi connectivity index (χ0v) is 11.5. The molecule has 7 heteroatoms. The molecule has 1 atom stereocenters. The Morgan fingerprint density at radius 1 is 1.42 bits per heavy atom. The van der Waals surface area contributed by atoms with Crippen LogP contribution in [0.2, 0.25) is 0 Å². The van der Waals surface area contributed by atoms with Crippen LogP contribution in [0.15, 0.2) is 35.5 Å². The summed E-state index contributed by atoms with van der Waals surface area (Å²) in [5.41, 5.74) is 0.853. The molecule has 0 radical (unpaired) electrons. The van der Waals surface area contributed by atoms with Crippen LogP contribution < -0.4 is 0 Å². The molecule has 1 aromatic carbocycles. The molecule has 1 heterocycles. The van der Waals surface area contributed by atoms with E-state index < -0.39 is 0 Å². The lowest BCUT2D eigenvalue weighted by Gasteiger charge is -2.09. The van der Waals surface area contributed by atoms with Gasteiger partial charge in [-0.05, 0) is 36.4 Å². The van der Waals surface area contributed by atoms with Crippen molar-refractivity contribution in [1.29, 1.82) is 0 Å². The largest absolute Gasteiger partial charge is 0.465 e. The van der Waals surface area contributed by atoms with E-state index in [4.69, 9.17) is 4.74 Å². The van der Waals surface area contributed by atoms with Gasteiger partial charge in [0.05, 0.1) is 12.3 Å². The number of para-hydroxylation sites is 1. The molecule has 0 unspecified atom stereocenters. The Balaban J connectivity index is 2.15. The molecule has 0 saturated heterocycles. The van der Waals surface area contributed by atoms with Gasteiger partial charge in [0.15, 0.2) is 0 Å². The Bertz CT molecular complexity index is 544. The van der Waals surface area contributed by atoms with Crippen molar-refractivity contribution in [2.24, 2.45) is 0 Å². The van der Waals surface area contributed by atoms with Crippen molar-refractivity contribution in [3.8, 4) is 5.69 Å². The summed E-state index contributed by atoms with van der Waals surface area (Å²) in [6.45, 7) is 3.92. The van der Waals surface area contributed by atoms with Crippen LogP contribution in [0.4, 0.5) is 0 Å². The van der Waals surface area contributed by atoms with E-state index in [0.717, 1.165) is 5.69 Å². The molecule has 2 aromatic rings. The highest BCUT2D eigenvalue weighted by molar-refractivity contribution is 8.00. The Morgan fingerprint density at radius 3 is 2.84 bits per heavy atom. The minimum atomic E-state index is -0.353. The molecule has 0 amide bonds. The number of thioether (sulfide) groups is 1. The molecule has 0 aliphatic carbocycles. The highest BCUT2D eigenvalue weighted by Gasteiger charge is 2.19. The zero-order valence-electron chi connectivity index (χ0n) is 10.7. The summed E-state index contributed by atoms with van der Waals surface area (Å²) in [6.07, 6.45) is 0. The highest BCUT2D eigenvalue weighted by atomic mass is 32.2. The van der Waals surface area contributed by atoms with Crippen molar-refractivity contribution in [3.63, 3.8) is 0 Å². The number of aromatic nitrogens is 4. The van der Waals surface area contributed by atoms with Crippen molar-refractivity contribution in [2.75, 3.05) is 6.61 Å². The minimum Gasteiger partial charge on any atom is -0.465 e. The first-order valence-corrected chi connectivity index (χ1v) is 6.77. The second kappa shape index (κ2) is 6.33. The first-order chi connectivity index (χ1) is 9.22. The molecule has 0 saturated carbocycles. The van der Waals surface area contributed by atoms with Gasteiger partial charge in [0, 0.05) is 0 Å². The molecule has 0 aliphatic heterocycles. The number of carbonyl (C=O) groups is 1. The van der Waals surface area contributed by atoms with E-state index in [1.54, 1.807) is 18.5 Å². The van der Waals surface area contributed by atoms with Crippen LogP contribution in [0, 0.1) is 0 Å². The van der Waals surface area contributed by atoms with Gasteiger partial charge in [0.1, 0.15) is 5.25 Å². The molecule has 0 bridgehead atoms. The SMILES string of the molecule is CCOC(=O)[C@H](C)Sc1nnnn1-c1ccccc1. The highest BCUT2D eigenvalue weighted by Crippen LogP contribution is 2.23. The number of nitrogens with zero attached hydrogens (tertiary/aromatic N) is 4. The number of esters is 1. The number of rotatable bonds is 5. The first kappa shape index (κ1) is 13.5. The summed E-state index contributed by atoms with van der Waals surface area (Å²) in [5, 5.41) is 11.7. The molecule has 0 aliphatic rings. The normalized spacial score (nSPS) is 12.1. The molecule has 0 N–H and O–H groups in total. The number of ether oxygens (including phenoxy) is 1. The van der Waals surface area contributed by atoms with Gasteiger partial charge in [0.2, 0.25) is 5.16 Å². The van der Waals surface area contributed by atoms with Crippen molar-refractivity contribution in [2.45, 2.75) is 24.3 Å². The molecule has 100 valence electrons. The van der Waals surface area contributed by atoms with Gasteiger partial charge in [-0.15, -0.1) is 5.10 Å². The predicted octanol–water partition coefficient (Wildman–Crippen LogP) is 1.71. The Labute approximate surface area is 115 Å². The summed E-state index contributed by atoms with van der Waals surface area (Å²) >= 11 is 1.27. The Hall–Kier alpha value is -1.89. The quantitative estimate of drug-likeness (QED) is 0.612. The van der Waals surface area contributed by atoms with Crippen LogP contribution in [-0.4, -0.2) is 38.0 Å². The van der Waals surface area contributed by atoms with Gasteiger partial charge in [-0.25, -0.2) is 0 Å². The van der Waals surface area contributed by atoms with Crippen molar-refractivity contribution in [1.82, 2.24) is 20.2 Å². The number of hydrogen-bond donors (Lipinski definition) is 0. The van der Waals surface area contributed by atoms with Crippen molar-refractivity contribution < 1.29 is 9.53 Å². The van der Waals surface area contributed by atoms with Gasteiger partial charge in [-0.3, -0.25) is 4.79 Å². The number of carbonyl (C=O) groups excluding carboxylic acids is 1. The summed E-state index contributed by atoms with van der Waals surface area (Å²) in [7, 11) is 0. The first-order valence-electron chi connectivity index (χ1n) is 5.89. The molecule has 0 spiro atoms. The predicted molar refractivity (Wildman–Crippen MR) is 71.1 cm³/mol. The lowest BCUT2D eigenvalue weighted by molar-refractivity contribution is -0.142. The number of hydrogen-bond acceptors (Lipinski definition) is 6. The molecule has 0 fully saturated rings. The zero-order chi connectivity index (χ0) is 13.7. The van der Waals surface area contributed by atoms with E-state index in [9.17, 15) is 4.79 Å². The third-order valence-electron chi connectivity index (χ3n) is 2.34. The summed E-state index contributed by atoms with van der Waals surface area (Å²) < 4.78 is 6.56. The summed E-state index contributed by atoms with van der Waals surface area (Å²) in [6, 6.07) is 9.52. The average molecular weight is 278 g/mol. The van der Waals surface area contributed by atoms with Gasteiger partial charge >= 0.3 is 5.97 Å². The van der Waals surface area contributed by atoms with E-state index in [0.29, 0.717) is 11.8 Å². The fraction of sp³-hybridized carbons (Fsp3) is 0.333. The molecule has 1 aromatic heterocycles. The lowest BCUT2D eigenvalue weighted by Crippen LogP contribution is -2.17. The van der Waals surface area contributed by atoms with E-state index >= 15 is 0 Å². The van der Waals surface area contributed by atoms with E-state index in [1.165, 1.54) is 11.8 Å². The molecular formula is C12H14N4O2S. The lowest BCUT2D eigenvalue weighted by atomic mass is 10.3. The van der Waals surface area contributed by atoms with Crippen LogP contribution in [0.5, 0.6) is 0 Å². The van der Waals surface area contributed by atoms with Gasteiger partial charge < -0.3 is 4.74 Å².